The smallest absolute Gasteiger partial charge is 0.200 e. The van der Waals surface area contributed by atoms with E-state index in [4.69, 9.17) is 9.47 Å². The SMILES string of the molecule is CC(C)=CCC/C(C)=C/Cc1c(O)c(CC=C(C)C)c2c(c1O)C(=O)C1=C[C@@H]3CC4C(C)(C)O[C@]5(CC=C(CO)[C@]35O)[C@@]14O2. The summed E-state index contributed by atoms with van der Waals surface area (Å²) in [6.07, 6.45) is 12.9. The van der Waals surface area contributed by atoms with Crippen molar-refractivity contribution in [2.45, 2.75) is 109 Å². The van der Waals surface area contributed by atoms with Crippen LogP contribution in [0.5, 0.6) is 17.2 Å². The number of ketones is 1. The Morgan fingerprint density at radius 3 is 2.34 bits per heavy atom. The topological polar surface area (TPSA) is 116 Å². The van der Waals surface area contributed by atoms with Gasteiger partial charge in [0.1, 0.15) is 34.0 Å². The minimum Gasteiger partial charge on any atom is -0.507 e. The number of hydrogen-bond acceptors (Lipinski definition) is 7. The molecule has 0 aromatic heterocycles. The number of aliphatic hydroxyl groups excluding tert-OH is 1. The molecule has 7 rings (SSSR count). The quantitative estimate of drug-likeness (QED) is 0.257. The Balaban J connectivity index is 1.53. The summed E-state index contributed by atoms with van der Waals surface area (Å²) in [6.45, 7) is 13.7. The van der Waals surface area contributed by atoms with E-state index in [2.05, 4.69) is 19.9 Å². The van der Waals surface area contributed by atoms with Gasteiger partial charge in [0, 0.05) is 35.0 Å². The van der Waals surface area contributed by atoms with Crippen LogP contribution in [-0.4, -0.2) is 55.2 Å². The van der Waals surface area contributed by atoms with Gasteiger partial charge in [0.25, 0.3) is 0 Å². The number of carbonyl (C=O) groups excluding carboxylic acids is 1. The normalized spacial score (nSPS) is 32.3. The number of carbonyl (C=O) groups is 1. The van der Waals surface area contributed by atoms with Gasteiger partial charge in [-0.15, -0.1) is 0 Å². The van der Waals surface area contributed by atoms with Gasteiger partial charge in [-0.25, -0.2) is 0 Å². The van der Waals surface area contributed by atoms with Gasteiger partial charge in [-0.1, -0.05) is 47.1 Å². The molecule has 44 heavy (non-hydrogen) atoms. The highest BCUT2D eigenvalue weighted by molar-refractivity contribution is 6.16. The van der Waals surface area contributed by atoms with Gasteiger partial charge in [-0.2, -0.15) is 0 Å². The third-order valence-corrected chi connectivity index (χ3v) is 10.9. The van der Waals surface area contributed by atoms with Crippen molar-refractivity contribution in [1.82, 2.24) is 0 Å². The fraction of sp³-hybridized carbons (Fsp3) is 0.541. The number of rotatable bonds is 8. The van der Waals surface area contributed by atoms with E-state index in [0.717, 1.165) is 24.0 Å². The average molecular weight is 603 g/mol. The molecule has 4 aliphatic carbocycles. The second kappa shape index (κ2) is 10.2. The molecule has 0 amide bonds. The van der Waals surface area contributed by atoms with Crippen LogP contribution < -0.4 is 4.74 Å². The van der Waals surface area contributed by atoms with E-state index < -0.39 is 28.3 Å². The lowest BCUT2D eigenvalue weighted by Crippen LogP contribution is -2.77. The van der Waals surface area contributed by atoms with E-state index in [9.17, 15) is 25.2 Å². The molecule has 236 valence electrons. The van der Waals surface area contributed by atoms with Crippen molar-refractivity contribution in [3.63, 3.8) is 0 Å². The lowest BCUT2D eigenvalue weighted by Gasteiger charge is -2.62. The van der Waals surface area contributed by atoms with Crippen molar-refractivity contribution < 1.29 is 34.7 Å². The molecule has 2 aliphatic heterocycles. The average Bonchev–Trinajstić information content (AvgIpc) is 3.33. The molecule has 0 radical (unpaired) electrons. The van der Waals surface area contributed by atoms with Gasteiger partial charge in [0.05, 0.1) is 12.2 Å². The van der Waals surface area contributed by atoms with E-state index in [0.29, 0.717) is 35.1 Å². The van der Waals surface area contributed by atoms with Crippen molar-refractivity contribution in [2.24, 2.45) is 11.8 Å². The second-order valence-corrected chi connectivity index (χ2v) is 14.5. The number of phenols is 2. The lowest BCUT2D eigenvalue weighted by atomic mass is 9.46. The summed E-state index contributed by atoms with van der Waals surface area (Å²) in [4.78, 5) is 14.7. The summed E-state index contributed by atoms with van der Waals surface area (Å²) >= 11 is 0. The molecule has 5 atom stereocenters. The number of allylic oxidation sites excluding steroid dienone is 6. The van der Waals surface area contributed by atoms with Crippen molar-refractivity contribution in [2.75, 3.05) is 6.61 Å². The molecule has 1 unspecified atom stereocenters. The largest absolute Gasteiger partial charge is 0.507 e. The fourth-order valence-corrected chi connectivity index (χ4v) is 8.81. The fourth-order valence-electron chi connectivity index (χ4n) is 8.81. The molecule has 1 saturated carbocycles. The molecule has 7 heteroatoms. The molecule has 2 fully saturated rings. The minimum atomic E-state index is -1.55. The van der Waals surface area contributed by atoms with Crippen molar-refractivity contribution in [3.8, 4) is 17.2 Å². The molecule has 4 bridgehead atoms. The zero-order valence-corrected chi connectivity index (χ0v) is 27.0. The monoisotopic (exact) mass is 602 g/mol. The first-order valence-corrected chi connectivity index (χ1v) is 15.9. The molecule has 1 aromatic rings. The summed E-state index contributed by atoms with van der Waals surface area (Å²) in [5.74, 6) is -1.31. The highest BCUT2D eigenvalue weighted by atomic mass is 16.6. The third-order valence-electron chi connectivity index (χ3n) is 10.9. The first kappa shape index (κ1) is 30.9. The van der Waals surface area contributed by atoms with Crippen molar-refractivity contribution in [1.29, 1.82) is 0 Å². The molecule has 6 aliphatic rings. The van der Waals surface area contributed by atoms with E-state index in [-0.39, 0.29) is 54.0 Å². The molecule has 4 N–H and O–H groups in total. The van der Waals surface area contributed by atoms with Crippen LogP contribution in [-0.2, 0) is 17.6 Å². The van der Waals surface area contributed by atoms with Gasteiger partial charge in [0.15, 0.2) is 11.4 Å². The Hall–Kier alpha value is -3.13. The number of aromatic hydroxyl groups is 2. The second-order valence-electron chi connectivity index (χ2n) is 14.5. The number of benzene rings is 1. The van der Waals surface area contributed by atoms with Gasteiger partial charge in [-0.05, 0) is 86.1 Å². The zero-order valence-electron chi connectivity index (χ0n) is 27.0. The molecule has 2 heterocycles. The van der Waals surface area contributed by atoms with Crippen LogP contribution in [0.2, 0.25) is 0 Å². The third kappa shape index (κ3) is 3.88. The summed E-state index contributed by atoms with van der Waals surface area (Å²) in [6, 6.07) is 0. The van der Waals surface area contributed by atoms with Crippen LogP contribution in [0.3, 0.4) is 0 Å². The van der Waals surface area contributed by atoms with E-state index in [1.54, 1.807) is 6.08 Å². The molecule has 1 aromatic carbocycles. The molecular formula is C37H46O7. The van der Waals surface area contributed by atoms with E-state index in [1.165, 1.54) is 5.57 Å². The maximum atomic E-state index is 14.7. The number of ether oxygens (including phenoxy) is 2. The predicted octanol–water partition coefficient (Wildman–Crippen LogP) is 6.33. The number of fused-ring (bicyclic) bond motifs is 1. The van der Waals surface area contributed by atoms with Crippen LogP contribution in [0.25, 0.3) is 0 Å². The standard InChI is InChI=1S/C37H46O7/c1-20(2)9-8-10-22(5)12-14-25-30(39)26(13-11-21(3)4)33-29(31(25)40)32(41)27-17-24-18-28-34(6,7)44-35(37(27,28)43-33)16-15-23(19-38)36(24,35)42/h9,11-12,15,17,24,28,38-40,42H,8,10,13-14,16,18-19H2,1-7H3/b22-12+/t24-,28?,35+,36+,37-/m1/s1. The van der Waals surface area contributed by atoms with Crippen molar-refractivity contribution in [3.05, 3.63) is 74.9 Å². The first-order valence-electron chi connectivity index (χ1n) is 15.9. The predicted molar refractivity (Wildman–Crippen MR) is 169 cm³/mol. The lowest BCUT2D eigenvalue weighted by molar-refractivity contribution is -0.236. The number of hydrogen-bond donors (Lipinski definition) is 4. The van der Waals surface area contributed by atoms with Crippen LogP contribution in [0.4, 0.5) is 0 Å². The van der Waals surface area contributed by atoms with Crippen LogP contribution in [0.15, 0.2) is 58.2 Å². The van der Waals surface area contributed by atoms with E-state index >= 15 is 0 Å². The summed E-state index contributed by atoms with van der Waals surface area (Å²) < 4.78 is 13.9. The van der Waals surface area contributed by atoms with Gasteiger partial charge in [0.2, 0.25) is 0 Å². The Bertz CT molecular complexity index is 1600. The Kier molecular flexibility index (Phi) is 7.15. The molecule has 7 nitrogen and oxygen atoms in total. The molecule has 2 spiro atoms. The Morgan fingerprint density at radius 1 is 1.00 bits per heavy atom. The minimum absolute atomic E-state index is 0.0560. The maximum absolute atomic E-state index is 14.7. The van der Waals surface area contributed by atoms with Crippen LogP contribution in [0.1, 0.15) is 95.6 Å². The van der Waals surface area contributed by atoms with Gasteiger partial charge in [-0.3, -0.25) is 4.79 Å². The van der Waals surface area contributed by atoms with Crippen LogP contribution >= 0.6 is 0 Å². The number of phenolic OH excluding ortho intramolecular Hbond substituents is 2. The Morgan fingerprint density at radius 2 is 1.68 bits per heavy atom. The van der Waals surface area contributed by atoms with Crippen molar-refractivity contribution >= 4 is 5.78 Å². The summed E-state index contributed by atoms with van der Waals surface area (Å²) in [5.41, 5.74) is 0.0796. The first-order chi connectivity index (χ1) is 20.7. The van der Waals surface area contributed by atoms with E-state index in [1.807, 2.05) is 52.8 Å². The highest BCUT2D eigenvalue weighted by Gasteiger charge is 2.86. The number of aliphatic hydroxyl groups is 2. The molecule has 1 saturated heterocycles. The summed E-state index contributed by atoms with van der Waals surface area (Å²) in [7, 11) is 0. The molecular weight excluding hydrogens is 556 g/mol. The van der Waals surface area contributed by atoms with Gasteiger partial charge >= 0.3 is 0 Å². The van der Waals surface area contributed by atoms with Crippen LogP contribution in [0, 0.1) is 11.8 Å². The maximum Gasteiger partial charge on any atom is 0.200 e. The zero-order chi connectivity index (χ0) is 32.0. The summed E-state index contributed by atoms with van der Waals surface area (Å²) in [5, 5.41) is 46.2. The van der Waals surface area contributed by atoms with Gasteiger partial charge < -0.3 is 29.9 Å². The Labute approximate surface area is 260 Å². The highest BCUT2D eigenvalue weighted by Crippen LogP contribution is 2.74. The number of Topliss-reactive ketones (excluding diaryl/α,β-unsaturated/α-hetero) is 1.